The summed E-state index contributed by atoms with van der Waals surface area (Å²) in [4.78, 5) is 7.45. The fourth-order valence-electron chi connectivity index (χ4n) is 23.1. The van der Waals surface area contributed by atoms with Gasteiger partial charge in [-0.15, -0.1) is 0 Å². The van der Waals surface area contributed by atoms with E-state index >= 15 is 0 Å². The maximum absolute atomic E-state index is 3.73. The van der Waals surface area contributed by atoms with Crippen LogP contribution in [0.1, 0.15) is 346 Å². The zero-order valence-corrected chi connectivity index (χ0v) is 61.4. The van der Waals surface area contributed by atoms with Crippen LogP contribution in [0.2, 0.25) is 0 Å². The van der Waals surface area contributed by atoms with Gasteiger partial charge in [-0.1, -0.05) is 230 Å². The third kappa shape index (κ3) is 15.5. The van der Waals surface area contributed by atoms with Crippen molar-refractivity contribution in [3.05, 3.63) is 0 Å². The molecule has 0 aromatic rings. The first-order valence-electron chi connectivity index (χ1n) is 38.2. The molecule has 0 aromatic heterocycles. The zero-order valence-electron chi connectivity index (χ0n) is 61.4. The molecule has 0 saturated heterocycles. The summed E-state index contributed by atoms with van der Waals surface area (Å²) in [7, 11) is 0. The number of hydrogen-bond acceptors (Lipinski definition) is 2. The lowest BCUT2D eigenvalue weighted by atomic mass is 9.49. The minimum Gasteiger partial charge on any atom is -0.294 e. The molecule has 0 amide bonds. The molecule has 16 unspecified atom stereocenters. The summed E-state index contributed by atoms with van der Waals surface area (Å²) in [5, 5.41) is 0. The van der Waals surface area contributed by atoms with E-state index in [1.807, 2.05) is 0 Å². The first-order chi connectivity index (χ1) is 38.7. The largest absolute Gasteiger partial charge is 0.294 e. The number of rotatable bonds is 8. The van der Waals surface area contributed by atoms with E-state index in [1.165, 1.54) is 167 Å². The predicted molar refractivity (Wildman–Crippen MR) is 367 cm³/mol. The predicted octanol–water partition coefficient (Wildman–Crippen LogP) is 24.1. The van der Waals surface area contributed by atoms with Crippen molar-refractivity contribution in [3.8, 4) is 0 Å². The average Bonchev–Trinajstić information content (AvgIpc) is 0.829. The van der Waals surface area contributed by atoms with Gasteiger partial charge in [0.15, 0.2) is 0 Å². The topological polar surface area (TPSA) is 6.48 Å². The van der Waals surface area contributed by atoms with Gasteiger partial charge in [0.05, 0.1) is 0 Å². The van der Waals surface area contributed by atoms with Crippen molar-refractivity contribution in [2.75, 3.05) is 0 Å². The summed E-state index contributed by atoms with van der Waals surface area (Å²) in [6.07, 6.45) is 41.7. The summed E-state index contributed by atoms with van der Waals surface area (Å²) >= 11 is 0. The molecular weight excluding hydrogens is 1010 g/mol. The Labute approximate surface area is 527 Å². The van der Waals surface area contributed by atoms with Gasteiger partial charge in [-0.25, -0.2) is 0 Å². The van der Waals surface area contributed by atoms with E-state index < -0.39 is 0 Å². The van der Waals surface area contributed by atoms with Crippen molar-refractivity contribution in [3.63, 3.8) is 0 Å². The lowest BCUT2D eigenvalue weighted by Crippen LogP contribution is -2.71. The Bertz CT molecular complexity index is 1720. The monoisotopic (exact) mass is 1160 g/mol. The van der Waals surface area contributed by atoms with Crippen molar-refractivity contribution >= 4 is 0 Å². The van der Waals surface area contributed by atoms with Gasteiger partial charge in [0, 0.05) is 36.3 Å². The first kappa shape index (κ1) is 68.3. The molecule has 16 atom stereocenters. The van der Waals surface area contributed by atoms with Gasteiger partial charge >= 0.3 is 0 Å². The first-order valence-corrected chi connectivity index (χ1v) is 38.2. The molecule has 488 valence electrons. The van der Waals surface area contributed by atoms with Crippen LogP contribution < -0.4 is 0 Å². The Morgan fingerprint density at radius 3 is 0.583 bits per heavy atom. The summed E-state index contributed by atoms with van der Waals surface area (Å²) in [6.45, 7) is 64.1. The highest BCUT2D eigenvalue weighted by molar-refractivity contribution is 5.15. The summed E-state index contributed by atoms with van der Waals surface area (Å²) < 4.78 is 0. The van der Waals surface area contributed by atoms with E-state index in [2.05, 4.69) is 176 Å². The molecule has 9 saturated carbocycles. The fraction of sp³-hybridized carbons (Fsp3) is 1.00. The highest BCUT2D eigenvalue weighted by atomic mass is 15.3. The average molecular weight is 1160 g/mol. The Morgan fingerprint density at radius 1 is 0.190 bits per heavy atom. The van der Waals surface area contributed by atoms with Gasteiger partial charge in [0.25, 0.3) is 0 Å². The highest BCUT2D eigenvalue weighted by Crippen LogP contribution is 2.64. The molecule has 9 aliphatic rings. The van der Waals surface area contributed by atoms with E-state index in [9.17, 15) is 0 Å². The smallest absolute Gasteiger partial charge is 0.0164 e. The van der Waals surface area contributed by atoms with Gasteiger partial charge in [-0.2, -0.15) is 0 Å². The Kier molecular flexibility index (Phi) is 20.7. The molecule has 0 heterocycles. The van der Waals surface area contributed by atoms with Gasteiger partial charge in [-0.3, -0.25) is 9.80 Å². The second-order valence-corrected chi connectivity index (χ2v) is 42.4. The van der Waals surface area contributed by atoms with Gasteiger partial charge < -0.3 is 0 Å². The molecular formula is C82H150N2. The van der Waals surface area contributed by atoms with E-state index in [-0.39, 0.29) is 0 Å². The quantitative estimate of drug-likeness (QED) is 0.239. The summed E-state index contributed by atoms with van der Waals surface area (Å²) in [6, 6.07) is 4.24. The Morgan fingerprint density at radius 2 is 0.393 bits per heavy atom. The highest BCUT2D eigenvalue weighted by Gasteiger charge is 2.62. The van der Waals surface area contributed by atoms with Crippen molar-refractivity contribution in [2.24, 2.45) is 138 Å². The van der Waals surface area contributed by atoms with Crippen molar-refractivity contribution in [2.45, 2.75) is 382 Å². The fourth-order valence-corrected chi connectivity index (χ4v) is 23.1. The van der Waals surface area contributed by atoms with Crippen molar-refractivity contribution in [1.82, 2.24) is 9.80 Å². The van der Waals surface area contributed by atoms with E-state index in [0.717, 1.165) is 107 Å². The summed E-state index contributed by atoms with van der Waals surface area (Å²) in [5.41, 5.74) is 2.60. The normalized spacial score (nSPS) is 41.1. The Hall–Kier alpha value is -0.0800. The van der Waals surface area contributed by atoms with Crippen LogP contribution in [0.15, 0.2) is 0 Å². The molecule has 0 radical (unpaired) electrons. The molecule has 9 rings (SSSR count). The van der Waals surface area contributed by atoms with E-state index in [1.54, 1.807) is 12.8 Å². The molecule has 0 aromatic carbocycles. The minimum atomic E-state index is 0.326. The van der Waals surface area contributed by atoms with Gasteiger partial charge in [0.2, 0.25) is 0 Å². The standard InChI is InChI=1S/C82H150N2/c1-75(2,3)57-41-58(76(4,5)6)46-65(45-57)83(66-47-59(77(7,8)9)42-60(48-66)78(10,11)12)73-69-37-35-56(54-33-29-26-30-34-54)40-72(69)74(70-38-36-55(39-71(70)73)53-31-27-25-28-32-53)84(67-49-61(79(13,14)15)43-62(50-67)80(16,17)18)68-51-63(81(19,20)21)44-64(52-68)82(22,23)24/h53-74H,25-52H2,1-24H3. The molecule has 2 heteroatoms. The van der Waals surface area contributed by atoms with Gasteiger partial charge in [-0.05, 0) is 254 Å². The maximum atomic E-state index is 3.73. The third-order valence-electron chi connectivity index (χ3n) is 29.3. The van der Waals surface area contributed by atoms with Crippen LogP contribution in [0.25, 0.3) is 0 Å². The molecule has 9 fully saturated rings. The number of hydrogen-bond donors (Lipinski definition) is 0. The van der Waals surface area contributed by atoms with Crippen LogP contribution >= 0.6 is 0 Å². The molecule has 84 heavy (non-hydrogen) atoms. The zero-order chi connectivity index (χ0) is 61.7. The summed E-state index contributed by atoms with van der Waals surface area (Å²) in [5.74, 6) is 13.3. The molecule has 0 spiro atoms. The SMILES string of the molecule is CC(C)(C)C1CC(N(C2CC(C(C)(C)C)CC(C(C)(C)C)C2)C2C3CCC(C4CCCCC4)CC3C(N(C3CC(C(C)(C)C)CC(C(C)(C)C)C3)C3CC(C(C)(C)C)CC(C(C)(C)C)C3)C3CCC(C4CCCCC4)CC32)CC(C(C)(C)C)C1. The second kappa shape index (κ2) is 25.4. The van der Waals surface area contributed by atoms with Crippen molar-refractivity contribution < 1.29 is 0 Å². The van der Waals surface area contributed by atoms with E-state index in [0.29, 0.717) is 67.5 Å². The maximum Gasteiger partial charge on any atom is 0.0164 e. The number of fused-ring (bicyclic) bond motifs is 2. The Balaban J connectivity index is 1.30. The third-order valence-corrected chi connectivity index (χ3v) is 29.3. The molecule has 0 bridgehead atoms. The van der Waals surface area contributed by atoms with Crippen LogP contribution in [0.5, 0.6) is 0 Å². The van der Waals surface area contributed by atoms with E-state index in [4.69, 9.17) is 0 Å². The van der Waals surface area contributed by atoms with Crippen LogP contribution in [-0.2, 0) is 0 Å². The van der Waals surface area contributed by atoms with Crippen LogP contribution in [0.3, 0.4) is 0 Å². The van der Waals surface area contributed by atoms with Crippen LogP contribution in [0.4, 0.5) is 0 Å². The van der Waals surface area contributed by atoms with Crippen LogP contribution in [-0.4, -0.2) is 46.1 Å². The minimum absolute atomic E-state index is 0.326. The molecule has 0 aliphatic heterocycles. The molecule has 9 aliphatic carbocycles. The molecule has 2 nitrogen and oxygen atoms in total. The van der Waals surface area contributed by atoms with Gasteiger partial charge in [0.1, 0.15) is 0 Å². The lowest BCUT2D eigenvalue weighted by Gasteiger charge is -2.67. The number of nitrogens with zero attached hydrogens (tertiary/aromatic N) is 2. The van der Waals surface area contributed by atoms with Crippen molar-refractivity contribution in [1.29, 1.82) is 0 Å². The lowest BCUT2D eigenvalue weighted by molar-refractivity contribution is -0.178. The van der Waals surface area contributed by atoms with Crippen LogP contribution in [0, 0.1) is 138 Å². The second-order valence-electron chi connectivity index (χ2n) is 42.4. The molecule has 0 N–H and O–H groups in total.